The van der Waals surface area contributed by atoms with E-state index >= 15 is 0 Å². The van der Waals surface area contributed by atoms with Crippen LogP contribution in [0.25, 0.3) is 0 Å². The number of nitrogens with zero attached hydrogens (tertiary/aromatic N) is 2. The maximum absolute atomic E-state index is 12.8. The third-order valence-electron chi connectivity index (χ3n) is 4.52. The lowest BCUT2D eigenvalue weighted by Crippen LogP contribution is -2.51. The molecule has 6 nitrogen and oxygen atoms in total. The first kappa shape index (κ1) is 21.0. The van der Waals surface area contributed by atoms with Crippen LogP contribution >= 0.6 is 0 Å². The number of imide groups is 1. The summed E-state index contributed by atoms with van der Waals surface area (Å²) in [4.78, 5) is 27.3. The summed E-state index contributed by atoms with van der Waals surface area (Å²) < 4.78 is 38.5. The zero-order valence-electron chi connectivity index (χ0n) is 15.5. The molecule has 0 bridgehead atoms. The van der Waals surface area contributed by atoms with Crippen LogP contribution in [0.4, 0.5) is 23.7 Å². The van der Waals surface area contributed by atoms with Crippen LogP contribution in [-0.4, -0.2) is 55.6 Å². The molecule has 2 rings (SSSR count). The Morgan fingerprint density at radius 1 is 1.19 bits per heavy atom. The predicted molar refractivity (Wildman–Crippen MR) is 96.5 cm³/mol. The van der Waals surface area contributed by atoms with Gasteiger partial charge in [-0.2, -0.15) is 13.2 Å². The van der Waals surface area contributed by atoms with Gasteiger partial charge < -0.3 is 10.2 Å². The van der Waals surface area contributed by atoms with Gasteiger partial charge in [0.15, 0.2) is 0 Å². The summed E-state index contributed by atoms with van der Waals surface area (Å²) in [6.45, 7) is 5.91. The molecular formula is C18H25F3N4O2. The number of piperazine rings is 1. The van der Waals surface area contributed by atoms with Crippen LogP contribution in [0.3, 0.4) is 0 Å². The first-order valence-corrected chi connectivity index (χ1v) is 8.94. The Morgan fingerprint density at radius 2 is 1.85 bits per heavy atom. The molecule has 1 aromatic carbocycles. The summed E-state index contributed by atoms with van der Waals surface area (Å²) in [7, 11) is 0. The van der Waals surface area contributed by atoms with Gasteiger partial charge in [-0.05, 0) is 31.5 Å². The zero-order chi connectivity index (χ0) is 20.0. The van der Waals surface area contributed by atoms with Crippen molar-refractivity contribution in [3.8, 4) is 0 Å². The Morgan fingerprint density at radius 3 is 2.44 bits per heavy atom. The minimum Gasteiger partial charge on any atom is -0.369 e. The normalized spacial score (nSPS) is 16.7. The quantitative estimate of drug-likeness (QED) is 0.816. The van der Waals surface area contributed by atoms with Crippen molar-refractivity contribution in [3.05, 3.63) is 29.8 Å². The van der Waals surface area contributed by atoms with E-state index in [0.29, 0.717) is 31.9 Å². The smallest absolute Gasteiger partial charge is 0.369 e. The first-order valence-electron chi connectivity index (χ1n) is 8.94. The van der Waals surface area contributed by atoms with Crippen molar-refractivity contribution in [2.75, 3.05) is 37.6 Å². The number of rotatable bonds is 5. The van der Waals surface area contributed by atoms with Crippen molar-refractivity contribution in [2.24, 2.45) is 0 Å². The molecule has 0 radical (unpaired) electrons. The van der Waals surface area contributed by atoms with Crippen LogP contribution < -0.4 is 15.5 Å². The maximum Gasteiger partial charge on any atom is 0.416 e. The zero-order valence-corrected chi connectivity index (χ0v) is 15.5. The van der Waals surface area contributed by atoms with Crippen LogP contribution in [-0.2, 0) is 11.0 Å². The molecule has 1 heterocycles. The van der Waals surface area contributed by atoms with E-state index in [1.165, 1.54) is 6.07 Å². The van der Waals surface area contributed by atoms with Gasteiger partial charge in [0.1, 0.15) is 0 Å². The summed E-state index contributed by atoms with van der Waals surface area (Å²) in [6, 6.07) is 4.70. The number of anilines is 1. The van der Waals surface area contributed by atoms with E-state index in [1.807, 2.05) is 23.6 Å². The van der Waals surface area contributed by atoms with Crippen LogP contribution in [0.1, 0.15) is 25.8 Å². The molecule has 1 fully saturated rings. The van der Waals surface area contributed by atoms with Crippen molar-refractivity contribution in [1.82, 2.24) is 15.5 Å². The standard InChI is InChI=1S/C18H25F3N4O2/c1-3-13(2)22-17(27)23-16(26)12-24-7-9-25(10-8-24)15-6-4-5-14(11-15)18(19,20)21/h4-6,11,13H,3,7-10,12H2,1-2H3,(H2,22,23,26,27). The van der Waals surface area contributed by atoms with E-state index < -0.39 is 23.7 Å². The van der Waals surface area contributed by atoms with Gasteiger partial charge in [-0.25, -0.2) is 4.79 Å². The monoisotopic (exact) mass is 386 g/mol. The van der Waals surface area contributed by atoms with Crippen molar-refractivity contribution in [1.29, 1.82) is 0 Å². The van der Waals surface area contributed by atoms with Crippen LogP contribution in [0.15, 0.2) is 24.3 Å². The molecule has 0 aliphatic carbocycles. The molecule has 0 saturated carbocycles. The fraction of sp³-hybridized carbons (Fsp3) is 0.556. The fourth-order valence-electron chi connectivity index (χ4n) is 2.77. The molecule has 1 aliphatic rings. The van der Waals surface area contributed by atoms with Gasteiger partial charge in [0.05, 0.1) is 12.1 Å². The van der Waals surface area contributed by atoms with Crippen molar-refractivity contribution in [2.45, 2.75) is 32.5 Å². The van der Waals surface area contributed by atoms with E-state index in [9.17, 15) is 22.8 Å². The average Bonchev–Trinajstić information content (AvgIpc) is 2.61. The van der Waals surface area contributed by atoms with Gasteiger partial charge in [0.2, 0.25) is 5.91 Å². The van der Waals surface area contributed by atoms with E-state index in [-0.39, 0.29) is 12.6 Å². The Bertz CT molecular complexity index is 658. The molecule has 0 spiro atoms. The fourth-order valence-corrected chi connectivity index (χ4v) is 2.77. The number of benzene rings is 1. The number of hydrogen-bond acceptors (Lipinski definition) is 4. The second-order valence-electron chi connectivity index (χ2n) is 6.64. The number of nitrogens with one attached hydrogen (secondary N) is 2. The minimum absolute atomic E-state index is 0.0196. The van der Waals surface area contributed by atoms with E-state index in [4.69, 9.17) is 0 Å². The molecule has 1 unspecified atom stereocenters. The number of alkyl halides is 3. The predicted octanol–water partition coefficient (Wildman–Crippen LogP) is 2.45. The number of carbonyl (C=O) groups is 2. The van der Waals surface area contributed by atoms with Crippen LogP contribution in [0, 0.1) is 0 Å². The number of hydrogen-bond donors (Lipinski definition) is 2. The second kappa shape index (κ2) is 9.07. The molecule has 27 heavy (non-hydrogen) atoms. The molecule has 1 atom stereocenters. The van der Waals surface area contributed by atoms with Gasteiger partial charge in [-0.15, -0.1) is 0 Å². The summed E-state index contributed by atoms with van der Waals surface area (Å²) in [5.74, 6) is -0.400. The molecule has 3 amide bonds. The number of urea groups is 1. The van der Waals surface area contributed by atoms with E-state index in [2.05, 4.69) is 10.6 Å². The largest absolute Gasteiger partial charge is 0.416 e. The Balaban J connectivity index is 1.82. The lowest BCUT2D eigenvalue weighted by atomic mass is 10.1. The van der Waals surface area contributed by atoms with Gasteiger partial charge in [-0.1, -0.05) is 13.0 Å². The van der Waals surface area contributed by atoms with Crippen LogP contribution in [0.5, 0.6) is 0 Å². The Kier molecular flexibility index (Phi) is 7.06. The molecule has 1 aliphatic heterocycles. The molecular weight excluding hydrogens is 361 g/mol. The van der Waals surface area contributed by atoms with Gasteiger partial charge in [0.25, 0.3) is 0 Å². The van der Waals surface area contributed by atoms with Crippen molar-refractivity contribution >= 4 is 17.6 Å². The highest BCUT2D eigenvalue weighted by atomic mass is 19.4. The highest BCUT2D eigenvalue weighted by molar-refractivity contribution is 5.95. The summed E-state index contributed by atoms with van der Waals surface area (Å²) in [6.07, 6.45) is -3.61. The minimum atomic E-state index is -4.37. The lowest BCUT2D eigenvalue weighted by molar-refractivity contribution is -0.137. The number of amides is 3. The van der Waals surface area contributed by atoms with Crippen molar-refractivity contribution in [3.63, 3.8) is 0 Å². The average molecular weight is 386 g/mol. The van der Waals surface area contributed by atoms with Crippen LogP contribution in [0.2, 0.25) is 0 Å². The topological polar surface area (TPSA) is 64.7 Å². The second-order valence-corrected chi connectivity index (χ2v) is 6.64. The maximum atomic E-state index is 12.8. The van der Waals surface area contributed by atoms with E-state index in [1.54, 1.807) is 6.07 Å². The Hall–Kier alpha value is -2.29. The third kappa shape index (κ3) is 6.42. The Labute approximate surface area is 156 Å². The lowest BCUT2D eigenvalue weighted by Gasteiger charge is -2.35. The molecule has 1 aromatic rings. The summed E-state index contributed by atoms with van der Waals surface area (Å²) in [5, 5.41) is 4.94. The number of halogens is 3. The van der Waals surface area contributed by atoms with Crippen molar-refractivity contribution < 1.29 is 22.8 Å². The molecule has 150 valence electrons. The summed E-state index contributed by atoms with van der Waals surface area (Å²) in [5.41, 5.74) is -0.156. The molecule has 2 N–H and O–H groups in total. The molecule has 0 aromatic heterocycles. The molecule has 1 saturated heterocycles. The highest BCUT2D eigenvalue weighted by Gasteiger charge is 2.31. The van der Waals surface area contributed by atoms with Gasteiger partial charge in [-0.3, -0.25) is 15.0 Å². The highest BCUT2D eigenvalue weighted by Crippen LogP contribution is 2.31. The van der Waals surface area contributed by atoms with Gasteiger partial charge in [0, 0.05) is 37.9 Å². The SMILES string of the molecule is CCC(C)NC(=O)NC(=O)CN1CCN(c2cccc(C(F)(F)F)c2)CC1. The number of carbonyl (C=O) groups excluding carboxylic acids is 2. The summed E-state index contributed by atoms with van der Waals surface area (Å²) >= 11 is 0. The first-order chi connectivity index (χ1) is 12.7. The van der Waals surface area contributed by atoms with E-state index in [0.717, 1.165) is 18.6 Å². The third-order valence-corrected chi connectivity index (χ3v) is 4.52. The van der Waals surface area contributed by atoms with Gasteiger partial charge >= 0.3 is 12.2 Å². The molecule has 9 heteroatoms.